The summed E-state index contributed by atoms with van der Waals surface area (Å²) in [5.74, 6) is 0. The normalized spacial score (nSPS) is 17.4. The van der Waals surface area contributed by atoms with Crippen molar-refractivity contribution >= 4 is 6.03 Å². The van der Waals surface area contributed by atoms with Crippen LogP contribution < -0.4 is 10.6 Å². The zero-order valence-electron chi connectivity index (χ0n) is 12.2. The second kappa shape index (κ2) is 7.09. The molecule has 3 heterocycles. The number of rotatable bonds is 5. The van der Waals surface area contributed by atoms with Crippen molar-refractivity contribution in [2.75, 3.05) is 13.2 Å². The lowest BCUT2D eigenvalue weighted by Gasteiger charge is -2.12. The van der Waals surface area contributed by atoms with Gasteiger partial charge < -0.3 is 19.8 Å². The van der Waals surface area contributed by atoms with Gasteiger partial charge in [-0.3, -0.25) is 4.98 Å². The Morgan fingerprint density at radius 1 is 1.32 bits per heavy atom. The Bertz CT molecular complexity index is 607. The van der Waals surface area contributed by atoms with E-state index in [2.05, 4.69) is 15.6 Å². The Kier molecular flexibility index (Phi) is 4.70. The minimum absolute atomic E-state index is 0.150. The number of carbonyl (C=O) groups excluding carboxylic acids is 1. The maximum absolute atomic E-state index is 11.8. The van der Waals surface area contributed by atoms with E-state index in [1.165, 1.54) is 0 Å². The van der Waals surface area contributed by atoms with Gasteiger partial charge >= 0.3 is 6.03 Å². The summed E-state index contributed by atoms with van der Waals surface area (Å²) in [6.07, 6.45) is 9.03. The summed E-state index contributed by atoms with van der Waals surface area (Å²) < 4.78 is 10.5. The standard InChI is InChI=1S/C16H19N3O3/c20-16(19-10-15-2-1-4-22-15)18-8-12-6-14(9-17-7-12)13-3-5-21-11-13/h3,5-7,9,11,15H,1-2,4,8,10H2,(H2,18,19,20)/t15-/m0/s1. The van der Waals surface area contributed by atoms with Gasteiger partial charge in [0.25, 0.3) is 0 Å². The molecule has 2 aromatic rings. The largest absolute Gasteiger partial charge is 0.472 e. The summed E-state index contributed by atoms with van der Waals surface area (Å²) >= 11 is 0. The van der Waals surface area contributed by atoms with Crippen LogP contribution in [0.25, 0.3) is 11.1 Å². The van der Waals surface area contributed by atoms with Gasteiger partial charge in [-0.15, -0.1) is 0 Å². The molecule has 0 radical (unpaired) electrons. The molecule has 1 aliphatic rings. The van der Waals surface area contributed by atoms with Gasteiger partial charge in [0.2, 0.25) is 0 Å². The monoisotopic (exact) mass is 301 g/mol. The fourth-order valence-corrected chi connectivity index (χ4v) is 2.43. The molecule has 22 heavy (non-hydrogen) atoms. The van der Waals surface area contributed by atoms with E-state index in [0.717, 1.165) is 36.1 Å². The minimum atomic E-state index is -0.191. The third kappa shape index (κ3) is 3.85. The van der Waals surface area contributed by atoms with Crippen LogP contribution in [0.4, 0.5) is 4.79 Å². The first kappa shape index (κ1) is 14.6. The predicted molar refractivity (Wildman–Crippen MR) is 81.2 cm³/mol. The number of pyridine rings is 1. The lowest BCUT2D eigenvalue weighted by atomic mass is 10.1. The second-order valence-corrected chi connectivity index (χ2v) is 5.29. The maximum Gasteiger partial charge on any atom is 0.315 e. The SMILES string of the molecule is O=C(NCc1cncc(-c2ccoc2)c1)NC[C@@H]1CCCO1. The summed E-state index contributed by atoms with van der Waals surface area (Å²) in [5.41, 5.74) is 2.87. The summed E-state index contributed by atoms with van der Waals surface area (Å²) in [7, 11) is 0. The highest BCUT2D eigenvalue weighted by Gasteiger charge is 2.15. The lowest BCUT2D eigenvalue weighted by molar-refractivity contribution is 0.111. The van der Waals surface area contributed by atoms with Crippen LogP contribution in [0.5, 0.6) is 0 Å². The van der Waals surface area contributed by atoms with Crippen LogP contribution in [-0.4, -0.2) is 30.3 Å². The van der Waals surface area contributed by atoms with Gasteiger partial charge in [-0.05, 0) is 30.5 Å². The first-order chi connectivity index (χ1) is 10.8. The van der Waals surface area contributed by atoms with Crippen molar-refractivity contribution in [2.45, 2.75) is 25.5 Å². The molecule has 1 atom stereocenters. The molecule has 2 N–H and O–H groups in total. The van der Waals surface area contributed by atoms with Gasteiger partial charge in [-0.25, -0.2) is 4.79 Å². The van der Waals surface area contributed by atoms with Crippen molar-refractivity contribution in [3.63, 3.8) is 0 Å². The Morgan fingerprint density at radius 2 is 2.27 bits per heavy atom. The molecule has 1 aliphatic heterocycles. The number of nitrogens with one attached hydrogen (secondary N) is 2. The maximum atomic E-state index is 11.8. The Balaban J connectivity index is 1.48. The molecule has 6 nitrogen and oxygen atoms in total. The average Bonchev–Trinajstić information content (AvgIpc) is 3.24. The number of ether oxygens (including phenoxy) is 1. The molecule has 2 amide bonds. The van der Waals surface area contributed by atoms with Crippen LogP contribution in [0.1, 0.15) is 18.4 Å². The Hall–Kier alpha value is -2.34. The van der Waals surface area contributed by atoms with Crippen LogP contribution in [0.2, 0.25) is 0 Å². The molecule has 0 unspecified atom stereocenters. The lowest BCUT2D eigenvalue weighted by Crippen LogP contribution is -2.39. The second-order valence-electron chi connectivity index (χ2n) is 5.29. The molecule has 3 rings (SSSR count). The zero-order chi connectivity index (χ0) is 15.2. The number of urea groups is 1. The molecule has 0 spiro atoms. The van der Waals surface area contributed by atoms with Crippen LogP contribution >= 0.6 is 0 Å². The van der Waals surface area contributed by atoms with Crippen molar-refractivity contribution in [2.24, 2.45) is 0 Å². The van der Waals surface area contributed by atoms with Crippen molar-refractivity contribution < 1.29 is 13.9 Å². The molecule has 0 saturated carbocycles. The number of amides is 2. The molecule has 116 valence electrons. The minimum Gasteiger partial charge on any atom is -0.472 e. The van der Waals surface area contributed by atoms with Crippen molar-refractivity contribution in [3.05, 3.63) is 42.6 Å². The van der Waals surface area contributed by atoms with Gasteiger partial charge in [0, 0.05) is 43.2 Å². The van der Waals surface area contributed by atoms with Gasteiger partial charge in [-0.2, -0.15) is 0 Å². The predicted octanol–water partition coefficient (Wildman–Crippen LogP) is 2.32. The molecular weight excluding hydrogens is 282 g/mol. The van der Waals surface area contributed by atoms with Gasteiger partial charge in [0.15, 0.2) is 0 Å². The molecule has 1 saturated heterocycles. The van der Waals surface area contributed by atoms with E-state index in [9.17, 15) is 4.79 Å². The fraction of sp³-hybridized carbons (Fsp3) is 0.375. The molecule has 0 aromatic carbocycles. The van der Waals surface area contributed by atoms with E-state index in [1.54, 1.807) is 24.9 Å². The number of hydrogen-bond acceptors (Lipinski definition) is 4. The van der Waals surface area contributed by atoms with Crippen LogP contribution in [0.15, 0.2) is 41.5 Å². The fourth-order valence-electron chi connectivity index (χ4n) is 2.43. The van der Waals surface area contributed by atoms with Crippen LogP contribution in [0, 0.1) is 0 Å². The average molecular weight is 301 g/mol. The van der Waals surface area contributed by atoms with E-state index >= 15 is 0 Å². The first-order valence-corrected chi connectivity index (χ1v) is 7.41. The van der Waals surface area contributed by atoms with E-state index in [-0.39, 0.29) is 12.1 Å². The number of aromatic nitrogens is 1. The zero-order valence-corrected chi connectivity index (χ0v) is 12.2. The summed E-state index contributed by atoms with van der Waals surface area (Å²) in [6.45, 7) is 1.77. The molecule has 6 heteroatoms. The topological polar surface area (TPSA) is 76.4 Å². The van der Waals surface area contributed by atoms with Crippen molar-refractivity contribution in [1.29, 1.82) is 0 Å². The number of furan rings is 1. The highest BCUT2D eigenvalue weighted by atomic mass is 16.5. The molecular formula is C16H19N3O3. The van der Waals surface area contributed by atoms with E-state index in [1.807, 2.05) is 12.1 Å². The van der Waals surface area contributed by atoms with Crippen LogP contribution in [0.3, 0.4) is 0 Å². The van der Waals surface area contributed by atoms with Crippen molar-refractivity contribution in [1.82, 2.24) is 15.6 Å². The summed E-state index contributed by atoms with van der Waals surface area (Å²) in [4.78, 5) is 16.0. The summed E-state index contributed by atoms with van der Waals surface area (Å²) in [6, 6.07) is 3.67. The quantitative estimate of drug-likeness (QED) is 0.888. The van der Waals surface area contributed by atoms with E-state index in [4.69, 9.17) is 9.15 Å². The van der Waals surface area contributed by atoms with E-state index < -0.39 is 0 Å². The van der Waals surface area contributed by atoms with Gasteiger partial charge in [0.05, 0.1) is 18.6 Å². The number of hydrogen-bond donors (Lipinski definition) is 2. The summed E-state index contributed by atoms with van der Waals surface area (Å²) in [5, 5.41) is 5.65. The Labute approximate surface area is 128 Å². The first-order valence-electron chi connectivity index (χ1n) is 7.41. The number of carbonyl (C=O) groups is 1. The smallest absolute Gasteiger partial charge is 0.315 e. The molecule has 1 fully saturated rings. The highest BCUT2D eigenvalue weighted by molar-refractivity contribution is 5.73. The number of nitrogens with zero attached hydrogens (tertiary/aromatic N) is 1. The third-order valence-electron chi connectivity index (χ3n) is 3.62. The molecule has 2 aromatic heterocycles. The van der Waals surface area contributed by atoms with Gasteiger partial charge in [0.1, 0.15) is 0 Å². The third-order valence-corrected chi connectivity index (χ3v) is 3.62. The highest BCUT2D eigenvalue weighted by Crippen LogP contribution is 2.19. The molecule has 0 aliphatic carbocycles. The van der Waals surface area contributed by atoms with Gasteiger partial charge in [-0.1, -0.05) is 0 Å². The van der Waals surface area contributed by atoms with Crippen LogP contribution in [-0.2, 0) is 11.3 Å². The van der Waals surface area contributed by atoms with E-state index in [0.29, 0.717) is 13.1 Å². The van der Waals surface area contributed by atoms with Crippen molar-refractivity contribution in [3.8, 4) is 11.1 Å². The molecule has 0 bridgehead atoms. The Morgan fingerprint density at radius 3 is 3.05 bits per heavy atom.